The number of hydrogen-bond acceptors (Lipinski definition) is 14. The van der Waals surface area contributed by atoms with E-state index < -0.39 is 77.2 Å². The molecule has 1 aliphatic rings. The first kappa shape index (κ1) is 66.4. The van der Waals surface area contributed by atoms with Gasteiger partial charge in [-0.3, -0.25) is 34.4 Å². The van der Waals surface area contributed by atoms with Gasteiger partial charge in [-0.05, 0) is 88.6 Å². The smallest absolute Gasteiger partial charge is 0.416 e. The van der Waals surface area contributed by atoms with Crippen LogP contribution < -0.4 is 24.6 Å². The minimum absolute atomic E-state index is 0.0223. The van der Waals surface area contributed by atoms with Gasteiger partial charge in [0.2, 0.25) is 5.91 Å². The van der Waals surface area contributed by atoms with Crippen molar-refractivity contribution in [1.82, 2.24) is 5.32 Å². The number of carboxylic acids is 1. The van der Waals surface area contributed by atoms with Gasteiger partial charge in [0, 0.05) is 19.2 Å². The summed E-state index contributed by atoms with van der Waals surface area (Å²) in [6.07, 6.45) is -5.66. The van der Waals surface area contributed by atoms with Crippen molar-refractivity contribution in [1.29, 1.82) is 0 Å². The summed E-state index contributed by atoms with van der Waals surface area (Å²) in [4.78, 5) is 86.9. The lowest BCUT2D eigenvalue weighted by atomic mass is 10.0. The summed E-state index contributed by atoms with van der Waals surface area (Å²) >= 11 is 22.8. The van der Waals surface area contributed by atoms with Crippen molar-refractivity contribution in [3.63, 3.8) is 0 Å². The quantitative estimate of drug-likeness (QED) is 0.0237. The van der Waals surface area contributed by atoms with E-state index in [1.54, 1.807) is 23.8 Å². The highest BCUT2D eigenvalue weighted by Crippen LogP contribution is 2.38. The summed E-state index contributed by atoms with van der Waals surface area (Å²) in [5, 5.41) is 20.9. The second kappa shape index (κ2) is 31.5. The molecule has 0 radical (unpaired) electrons. The number of rotatable bonds is 18. The van der Waals surface area contributed by atoms with Gasteiger partial charge in [0.25, 0.3) is 11.6 Å². The van der Waals surface area contributed by atoms with E-state index in [-0.39, 0.29) is 52.9 Å². The average Bonchev–Trinajstić information content (AvgIpc) is 3.34. The summed E-state index contributed by atoms with van der Waals surface area (Å²) in [6, 6.07) is 18.7. The lowest BCUT2D eigenvalue weighted by Crippen LogP contribution is -2.47. The highest BCUT2D eigenvalue weighted by atomic mass is 35.5. The Morgan fingerprint density at radius 3 is 2.21 bits per heavy atom. The highest BCUT2D eigenvalue weighted by molar-refractivity contribution is 7.51. The van der Waals surface area contributed by atoms with Crippen molar-refractivity contribution >= 4 is 101 Å². The fourth-order valence-electron chi connectivity index (χ4n) is 6.69. The molecule has 2 amide bonds. The molecule has 0 spiro atoms. The maximum atomic E-state index is 12.8. The molecule has 20 nitrogen and oxygen atoms in total. The summed E-state index contributed by atoms with van der Waals surface area (Å²) < 4.78 is 74.0. The minimum Gasteiger partial charge on any atom is -0.489 e. The third-order valence-electron chi connectivity index (χ3n) is 10.0. The van der Waals surface area contributed by atoms with Crippen LogP contribution in [0, 0.1) is 17.0 Å². The van der Waals surface area contributed by atoms with Gasteiger partial charge in [0.15, 0.2) is 10.9 Å². The second-order valence-corrected chi connectivity index (χ2v) is 19.3. The topological polar surface area (TPSA) is 271 Å². The number of aliphatic carboxylic acids is 1. The number of benzene rings is 4. The SMILES string of the molecule is CC1COc2ccccc2N1C(=O)C(Cl)Cl.CCOC(=O)C(C)OC(=O)c1cc(Oc2ccc(C(F)(F)F)cc2Cl)ccc1[N+](=O)[O-].CCc1cccc(C)c1N(C(=O)CCl)C(C)COC.O=C(O)CNCP(=O)(O)O. The van der Waals surface area contributed by atoms with Crippen molar-refractivity contribution in [3.8, 4) is 17.2 Å². The number of amides is 2. The van der Waals surface area contributed by atoms with E-state index in [1.165, 1.54) is 6.92 Å². The summed E-state index contributed by atoms with van der Waals surface area (Å²) in [7, 11) is -2.46. The molecule has 76 heavy (non-hydrogen) atoms. The minimum atomic E-state index is -4.61. The van der Waals surface area contributed by atoms with Crippen LogP contribution >= 0.6 is 54.0 Å². The number of nitro benzene ring substituents is 1. The Morgan fingerprint density at radius 1 is 1.01 bits per heavy atom. The van der Waals surface area contributed by atoms with E-state index in [0.29, 0.717) is 25.0 Å². The van der Waals surface area contributed by atoms with Crippen molar-refractivity contribution in [2.45, 2.75) is 77.2 Å². The van der Waals surface area contributed by atoms with Crippen LogP contribution in [0.1, 0.15) is 61.7 Å². The number of ether oxygens (including phenoxy) is 5. The van der Waals surface area contributed by atoms with E-state index in [0.717, 1.165) is 59.3 Å². The molecule has 1 heterocycles. The fourth-order valence-corrected chi connectivity index (χ4v) is 7.65. The Labute approximate surface area is 455 Å². The number of hydrogen-bond donors (Lipinski definition) is 4. The van der Waals surface area contributed by atoms with Gasteiger partial charge >= 0.3 is 31.7 Å². The molecule has 0 saturated carbocycles. The van der Waals surface area contributed by atoms with Crippen LogP contribution in [0.2, 0.25) is 5.02 Å². The van der Waals surface area contributed by atoms with Gasteiger partial charge < -0.3 is 48.4 Å². The number of carboxylic acid groups (broad SMARTS) is 1. The van der Waals surface area contributed by atoms with E-state index in [9.17, 15) is 51.8 Å². The normalized spacial score (nSPS) is 13.5. The third kappa shape index (κ3) is 21.0. The molecule has 4 aromatic rings. The zero-order chi connectivity index (χ0) is 57.7. The lowest BCUT2D eigenvalue weighted by molar-refractivity contribution is -0.385. The van der Waals surface area contributed by atoms with Gasteiger partial charge in [0.1, 0.15) is 35.3 Å². The van der Waals surface area contributed by atoms with E-state index >= 15 is 0 Å². The molecule has 3 atom stereocenters. The predicted molar refractivity (Wildman–Crippen MR) is 278 cm³/mol. The monoisotopic (exact) mass is 1170 g/mol. The maximum Gasteiger partial charge on any atom is 0.416 e. The van der Waals surface area contributed by atoms with Crippen LogP contribution in [0.15, 0.2) is 78.9 Å². The Kier molecular flexibility index (Phi) is 27.5. The van der Waals surface area contributed by atoms with Crippen molar-refractivity contribution in [2.24, 2.45) is 0 Å². The number of methoxy groups -OCH3 is 1. The molecule has 5 rings (SSSR count). The van der Waals surface area contributed by atoms with Crippen LogP contribution in [0.4, 0.5) is 30.2 Å². The zero-order valence-electron chi connectivity index (χ0n) is 41.8. The Hall–Kier alpha value is -5.75. The van der Waals surface area contributed by atoms with Gasteiger partial charge in [0.05, 0.1) is 65.0 Å². The molecule has 0 fully saturated rings. The summed E-state index contributed by atoms with van der Waals surface area (Å²) in [5.74, 6) is -3.24. The first-order valence-electron chi connectivity index (χ1n) is 22.5. The lowest BCUT2D eigenvalue weighted by Gasteiger charge is -2.35. The number of nitro groups is 1. The number of nitrogens with one attached hydrogen (secondary N) is 1. The molecular formula is C48H56Cl4F3N4O16P. The van der Waals surface area contributed by atoms with Crippen LogP contribution in [0.3, 0.4) is 0 Å². The molecule has 4 aromatic carbocycles. The van der Waals surface area contributed by atoms with Gasteiger partial charge in [-0.15, -0.1) is 11.6 Å². The van der Waals surface area contributed by atoms with Gasteiger partial charge in [-0.25, -0.2) is 9.59 Å². The van der Waals surface area contributed by atoms with Gasteiger partial charge in [-0.2, -0.15) is 13.2 Å². The molecule has 0 aliphatic carbocycles. The number of halogens is 7. The van der Waals surface area contributed by atoms with Crippen LogP contribution in [0.5, 0.6) is 17.2 Å². The number of fused-ring (bicyclic) bond motifs is 1. The van der Waals surface area contributed by atoms with Crippen LogP contribution in [-0.2, 0) is 50.6 Å². The zero-order valence-corrected chi connectivity index (χ0v) is 45.8. The molecule has 3 unspecified atom stereocenters. The number of nitrogens with zero attached hydrogens (tertiary/aromatic N) is 3. The van der Waals surface area contributed by atoms with Crippen molar-refractivity contribution in [3.05, 3.63) is 116 Å². The molecule has 0 saturated heterocycles. The van der Waals surface area contributed by atoms with E-state index in [2.05, 4.69) is 18.3 Å². The largest absolute Gasteiger partial charge is 0.489 e. The number of para-hydroxylation sites is 3. The molecule has 4 N–H and O–H groups in total. The first-order chi connectivity index (χ1) is 35.5. The van der Waals surface area contributed by atoms with Crippen molar-refractivity contribution < 1.29 is 85.2 Å². The second-order valence-electron chi connectivity index (χ2n) is 15.9. The maximum absolute atomic E-state index is 12.8. The number of carbonyl (C=O) groups is 5. The number of aryl methyl sites for hydroxylation is 2. The average molecular weight is 1170 g/mol. The predicted octanol–water partition coefficient (Wildman–Crippen LogP) is 9.73. The molecule has 418 valence electrons. The number of esters is 2. The highest BCUT2D eigenvalue weighted by Gasteiger charge is 2.33. The number of alkyl halides is 6. The van der Waals surface area contributed by atoms with Crippen LogP contribution in [0.25, 0.3) is 0 Å². The van der Waals surface area contributed by atoms with Gasteiger partial charge in [-0.1, -0.05) is 72.1 Å². The molecule has 28 heteroatoms. The number of carbonyl (C=O) groups excluding carboxylic acids is 4. The first-order valence-corrected chi connectivity index (χ1v) is 26.1. The third-order valence-corrected chi connectivity index (χ3v) is 11.5. The Morgan fingerprint density at radius 2 is 1.67 bits per heavy atom. The van der Waals surface area contributed by atoms with Crippen LogP contribution in [-0.4, -0.2) is 118 Å². The fraction of sp³-hybridized carbons (Fsp3) is 0.396. The molecule has 0 aromatic heterocycles. The number of anilines is 2. The molecular weight excluding hydrogens is 1120 g/mol. The Balaban J connectivity index is 0.000000376. The Bertz CT molecular complexity index is 2680. The van der Waals surface area contributed by atoms with E-state index in [1.807, 2.05) is 57.2 Å². The standard InChI is InChI=1S/C19H15ClF3NO7.C15H22ClNO2.C11H11Cl2NO2.C3H8NO5P/c1-3-29-17(25)10(2)30-18(26)13-9-12(5-6-15(13)24(27)28)31-16-7-4-11(8-14(16)20)19(21,22)23;1-5-13-8-6-7-11(2)15(13)17(14(18)9-16)12(3)10-19-4;1-7-6-16-9-5-3-2-4-8(9)14(7)11(15)10(12)13;5-3(6)1-4-2-10(7,8)9/h4-10H,3H2,1-2H3;6-8,12H,5,9-10H2,1-4H3;2-5,7,10H,6H2,1H3;4H,1-2H2,(H,5,6)(H2,7,8,9). The summed E-state index contributed by atoms with van der Waals surface area (Å²) in [6.45, 7) is 11.3. The summed E-state index contributed by atoms with van der Waals surface area (Å²) in [5.41, 5.74) is 1.76. The van der Waals surface area contributed by atoms with E-state index in [4.69, 9.17) is 85.0 Å². The van der Waals surface area contributed by atoms with Crippen molar-refractivity contribution in [2.75, 3.05) is 55.4 Å². The molecule has 1 aliphatic heterocycles. The molecule has 0 bridgehead atoms.